The van der Waals surface area contributed by atoms with Crippen LogP contribution in [-0.4, -0.2) is 29.7 Å². The van der Waals surface area contributed by atoms with Gasteiger partial charge in [0.1, 0.15) is 11.4 Å². The van der Waals surface area contributed by atoms with E-state index in [0.29, 0.717) is 17.7 Å². The van der Waals surface area contributed by atoms with Gasteiger partial charge in [0.2, 0.25) is 0 Å². The Labute approximate surface area is 105 Å². The molecule has 1 aromatic carbocycles. The van der Waals surface area contributed by atoms with E-state index >= 15 is 0 Å². The van der Waals surface area contributed by atoms with Crippen LogP contribution in [0.3, 0.4) is 0 Å². The molecule has 0 aliphatic rings. The number of hydrogen-bond acceptors (Lipinski definition) is 3. The van der Waals surface area contributed by atoms with E-state index in [1.807, 2.05) is 30.3 Å². The fourth-order valence-electron chi connectivity index (χ4n) is 2.02. The van der Waals surface area contributed by atoms with E-state index in [0.717, 1.165) is 5.69 Å². The molecule has 0 spiro atoms. The monoisotopic (exact) mass is 245 g/mol. The second-order valence-corrected chi connectivity index (χ2v) is 4.22. The summed E-state index contributed by atoms with van der Waals surface area (Å²) in [7, 11) is 5.20. The van der Waals surface area contributed by atoms with Gasteiger partial charge in [-0.2, -0.15) is 0 Å². The topological polar surface area (TPSA) is 47.2 Å². The number of rotatable bonds is 3. The highest BCUT2D eigenvalue weighted by Crippen LogP contribution is 2.15. The fourth-order valence-corrected chi connectivity index (χ4v) is 2.02. The molecule has 0 aliphatic heterocycles. The van der Waals surface area contributed by atoms with Crippen molar-refractivity contribution in [1.82, 2.24) is 9.36 Å². The predicted molar refractivity (Wildman–Crippen MR) is 70.7 cm³/mol. The molecule has 0 amide bonds. The Kier molecular flexibility index (Phi) is 3.06. The van der Waals surface area contributed by atoms with Crippen molar-refractivity contribution in [3.8, 4) is 5.69 Å². The average Bonchev–Trinajstić information content (AvgIpc) is 2.61. The Bertz CT molecular complexity index is 624. The van der Waals surface area contributed by atoms with Crippen LogP contribution in [0.25, 0.3) is 5.69 Å². The maximum Gasteiger partial charge on any atom is 0.295 e. The summed E-state index contributed by atoms with van der Waals surface area (Å²) in [5.74, 6) is 0. The highest BCUT2D eigenvalue weighted by atomic mass is 16.1. The molecule has 2 rings (SSSR count). The van der Waals surface area contributed by atoms with Gasteiger partial charge in [-0.1, -0.05) is 18.2 Å². The molecule has 0 saturated heterocycles. The zero-order valence-electron chi connectivity index (χ0n) is 10.6. The van der Waals surface area contributed by atoms with E-state index < -0.39 is 0 Å². The highest BCUT2D eigenvalue weighted by molar-refractivity contribution is 5.82. The van der Waals surface area contributed by atoms with Gasteiger partial charge >= 0.3 is 0 Å². The lowest BCUT2D eigenvalue weighted by Crippen LogP contribution is -2.23. The minimum atomic E-state index is -0.198. The number of hydrogen-bond donors (Lipinski definition) is 0. The number of benzene rings is 1. The number of aromatic nitrogens is 2. The number of aldehydes is 1. The molecule has 0 bridgehead atoms. The van der Waals surface area contributed by atoms with Gasteiger partial charge in [0.05, 0.1) is 5.69 Å². The largest absolute Gasteiger partial charge is 0.371 e. The molecule has 0 fully saturated rings. The molecule has 94 valence electrons. The van der Waals surface area contributed by atoms with Gasteiger partial charge in [-0.3, -0.25) is 14.3 Å². The molecule has 1 aromatic heterocycles. The third-order valence-corrected chi connectivity index (χ3v) is 2.85. The summed E-state index contributed by atoms with van der Waals surface area (Å²) in [6, 6.07) is 9.24. The highest BCUT2D eigenvalue weighted by Gasteiger charge is 2.19. The Morgan fingerprint density at radius 3 is 2.22 bits per heavy atom. The summed E-state index contributed by atoms with van der Waals surface area (Å²) in [4.78, 5) is 25.2. The number of anilines is 1. The summed E-state index contributed by atoms with van der Waals surface area (Å²) in [5.41, 5.74) is 1.31. The number of nitrogens with zero attached hydrogens (tertiary/aromatic N) is 3. The van der Waals surface area contributed by atoms with Crippen molar-refractivity contribution in [2.24, 2.45) is 7.05 Å². The molecule has 5 nitrogen and oxygen atoms in total. The molecular weight excluding hydrogens is 230 g/mol. The zero-order chi connectivity index (χ0) is 13.3. The Morgan fingerprint density at radius 1 is 1.17 bits per heavy atom. The summed E-state index contributed by atoms with van der Waals surface area (Å²) >= 11 is 0. The lowest BCUT2D eigenvalue weighted by Gasteiger charge is -2.08. The van der Waals surface area contributed by atoms with Gasteiger partial charge in [-0.15, -0.1) is 0 Å². The van der Waals surface area contributed by atoms with Gasteiger partial charge in [0, 0.05) is 21.1 Å². The smallest absolute Gasteiger partial charge is 0.295 e. The van der Waals surface area contributed by atoms with Crippen molar-refractivity contribution in [3.63, 3.8) is 0 Å². The average molecular weight is 245 g/mol. The van der Waals surface area contributed by atoms with Crippen LogP contribution in [0.2, 0.25) is 0 Å². The number of para-hydroxylation sites is 1. The molecule has 2 aromatic rings. The van der Waals surface area contributed by atoms with Gasteiger partial charge in [-0.05, 0) is 12.1 Å². The van der Waals surface area contributed by atoms with Crippen molar-refractivity contribution >= 4 is 12.0 Å². The Hall–Kier alpha value is -2.30. The SMILES string of the molecule is CN(C)c1c(C=O)n(C)n(-c2ccccc2)c1=O. The summed E-state index contributed by atoms with van der Waals surface area (Å²) in [5, 5.41) is 0. The van der Waals surface area contributed by atoms with Gasteiger partial charge in [-0.25, -0.2) is 4.68 Å². The molecule has 0 radical (unpaired) electrons. The first-order chi connectivity index (χ1) is 8.57. The maximum absolute atomic E-state index is 12.4. The van der Waals surface area contributed by atoms with Crippen molar-refractivity contribution in [2.75, 3.05) is 19.0 Å². The molecule has 0 saturated carbocycles. The predicted octanol–water partition coefficient (Wildman–Crippen LogP) is 1.05. The summed E-state index contributed by atoms with van der Waals surface area (Å²) < 4.78 is 3.05. The van der Waals surface area contributed by atoms with E-state index in [-0.39, 0.29) is 5.56 Å². The van der Waals surface area contributed by atoms with Crippen LogP contribution in [0.15, 0.2) is 35.1 Å². The normalized spacial score (nSPS) is 10.4. The second-order valence-electron chi connectivity index (χ2n) is 4.22. The van der Waals surface area contributed by atoms with Crippen LogP contribution in [0, 0.1) is 0 Å². The molecule has 0 N–H and O–H groups in total. The van der Waals surface area contributed by atoms with E-state index in [2.05, 4.69) is 0 Å². The quantitative estimate of drug-likeness (QED) is 0.759. The molecule has 5 heteroatoms. The minimum absolute atomic E-state index is 0.198. The second kappa shape index (κ2) is 4.52. The maximum atomic E-state index is 12.4. The van der Waals surface area contributed by atoms with Crippen LogP contribution >= 0.6 is 0 Å². The fraction of sp³-hybridized carbons (Fsp3) is 0.231. The third-order valence-electron chi connectivity index (χ3n) is 2.85. The van der Waals surface area contributed by atoms with Crippen molar-refractivity contribution in [1.29, 1.82) is 0 Å². The number of carbonyl (C=O) groups excluding carboxylic acids is 1. The van der Waals surface area contributed by atoms with Gasteiger partial charge in [0.25, 0.3) is 5.56 Å². The van der Waals surface area contributed by atoms with Crippen LogP contribution in [0.4, 0.5) is 5.69 Å². The summed E-state index contributed by atoms with van der Waals surface area (Å²) in [6.07, 6.45) is 0.705. The van der Waals surface area contributed by atoms with E-state index in [4.69, 9.17) is 0 Å². The Morgan fingerprint density at radius 2 is 1.78 bits per heavy atom. The molecule has 1 heterocycles. The lowest BCUT2D eigenvalue weighted by molar-refractivity contribution is 0.111. The van der Waals surface area contributed by atoms with Crippen molar-refractivity contribution < 1.29 is 4.79 Å². The standard InChI is InChI=1S/C13H15N3O2/c1-14(2)12-11(9-17)15(3)16(13(12)18)10-7-5-4-6-8-10/h4-9H,1-3H3. The van der Waals surface area contributed by atoms with E-state index in [9.17, 15) is 9.59 Å². The van der Waals surface area contributed by atoms with Crippen LogP contribution < -0.4 is 10.5 Å². The molecule has 0 atom stereocenters. The molecular formula is C13H15N3O2. The third kappa shape index (κ3) is 1.73. The lowest BCUT2D eigenvalue weighted by atomic mass is 10.3. The summed E-state index contributed by atoms with van der Waals surface area (Å²) in [6.45, 7) is 0. The van der Waals surface area contributed by atoms with E-state index in [1.165, 1.54) is 4.68 Å². The van der Waals surface area contributed by atoms with Crippen LogP contribution in [-0.2, 0) is 7.05 Å². The zero-order valence-corrected chi connectivity index (χ0v) is 10.6. The molecule has 18 heavy (non-hydrogen) atoms. The first kappa shape index (κ1) is 12.2. The van der Waals surface area contributed by atoms with Crippen molar-refractivity contribution in [3.05, 3.63) is 46.4 Å². The van der Waals surface area contributed by atoms with Crippen LogP contribution in [0.5, 0.6) is 0 Å². The van der Waals surface area contributed by atoms with E-state index in [1.54, 1.807) is 30.7 Å². The molecule has 0 unspecified atom stereocenters. The molecule has 0 aliphatic carbocycles. The first-order valence-corrected chi connectivity index (χ1v) is 5.58. The number of carbonyl (C=O) groups is 1. The Balaban J connectivity index is 2.78. The first-order valence-electron chi connectivity index (χ1n) is 5.58. The minimum Gasteiger partial charge on any atom is -0.371 e. The van der Waals surface area contributed by atoms with Crippen LogP contribution in [0.1, 0.15) is 10.5 Å². The van der Waals surface area contributed by atoms with Crippen molar-refractivity contribution in [2.45, 2.75) is 0 Å². The van der Waals surface area contributed by atoms with Gasteiger partial charge in [0.15, 0.2) is 6.29 Å². The van der Waals surface area contributed by atoms with Gasteiger partial charge < -0.3 is 4.90 Å².